The molecule has 0 unspecified atom stereocenters. The van der Waals surface area contributed by atoms with E-state index in [4.69, 9.17) is 16.0 Å². The predicted octanol–water partition coefficient (Wildman–Crippen LogP) is 4.68. The number of rotatable bonds is 3. The second-order valence-electron chi connectivity index (χ2n) is 5.46. The summed E-state index contributed by atoms with van der Waals surface area (Å²) in [4.78, 5) is 16.1. The topological polar surface area (TPSA) is 67.2 Å². The highest BCUT2D eigenvalue weighted by molar-refractivity contribution is 6.31. The molecule has 23 heavy (non-hydrogen) atoms. The molecule has 2 amide bonds. The molecule has 0 aliphatic heterocycles. The largest absolute Gasteiger partial charge is 0.436 e. The standard InChI is InChI=1S/C17H16ClN3O2/c1-10(2)19-17(22)20-13-6-3-11(4-7-13)16-21-14-9-12(18)5-8-15(14)23-16/h3-10H,1-2H3,(H2,19,20,22). The van der Waals surface area contributed by atoms with E-state index in [1.54, 1.807) is 30.3 Å². The highest BCUT2D eigenvalue weighted by Gasteiger charge is 2.09. The molecule has 118 valence electrons. The molecule has 5 nitrogen and oxygen atoms in total. The smallest absolute Gasteiger partial charge is 0.319 e. The first-order chi connectivity index (χ1) is 11.0. The second kappa shape index (κ2) is 6.30. The summed E-state index contributed by atoms with van der Waals surface area (Å²) >= 11 is 5.95. The number of hydrogen-bond donors (Lipinski definition) is 2. The first-order valence-electron chi connectivity index (χ1n) is 7.25. The third-order valence-corrected chi connectivity index (χ3v) is 3.39. The summed E-state index contributed by atoms with van der Waals surface area (Å²) in [5.41, 5.74) is 2.92. The maximum absolute atomic E-state index is 11.7. The average Bonchev–Trinajstić information content (AvgIpc) is 2.90. The molecule has 1 aromatic heterocycles. The van der Waals surface area contributed by atoms with Gasteiger partial charge in [0.25, 0.3) is 0 Å². The van der Waals surface area contributed by atoms with Crippen molar-refractivity contribution >= 4 is 34.4 Å². The summed E-state index contributed by atoms with van der Waals surface area (Å²) in [5.74, 6) is 0.514. The lowest BCUT2D eigenvalue weighted by atomic mass is 10.2. The Morgan fingerprint density at radius 1 is 1.17 bits per heavy atom. The lowest BCUT2D eigenvalue weighted by Gasteiger charge is -2.10. The molecule has 0 saturated heterocycles. The molecular weight excluding hydrogens is 314 g/mol. The number of urea groups is 1. The monoisotopic (exact) mass is 329 g/mol. The van der Waals surface area contributed by atoms with Crippen LogP contribution in [0.2, 0.25) is 5.02 Å². The Bertz CT molecular complexity index is 841. The molecule has 0 spiro atoms. The van der Waals surface area contributed by atoms with Crippen molar-refractivity contribution in [2.45, 2.75) is 19.9 Å². The maximum atomic E-state index is 11.7. The zero-order valence-electron chi connectivity index (χ0n) is 12.8. The SMILES string of the molecule is CC(C)NC(=O)Nc1ccc(-c2nc3cc(Cl)ccc3o2)cc1. The van der Waals surface area contributed by atoms with Crippen molar-refractivity contribution in [2.75, 3.05) is 5.32 Å². The fourth-order valence-electron chi connectivity index (χ4n) is 2.15. The number of nitrogens with one attached hydrogen (secondary N) is 2. The number of halogens is 1. The van der Waals surface area contributed by atoms with Gasteiger partial charge >= 0.3 is 6.03 Å². The molecule has 0 fully saturated rings. The van der Waals surface area contributed by atoms with Crippen LogP contribution in [-0.4, -0.2) is 17.1 Å². The van der Waals surface area contributed by atoms with Crippen LogP contribution in [0.4, 0.5) is 10.5 Å². The molecule has 0 aliphatic rings. The van der Waals surface area contributed by atoms with Crippen molar-refractivity contribution in [1.29, 1.82) is 0 Å². The molecule has 2 N–H and O–H groups in total. The van der Waals surface area contributed by atoms with Gasteiger partial charge in [0.2, 0.25) is 5.89 Å². The summed E-state index contributed by atoms with van der Waals surface area (Å²) in [5, 5.41) is 6.15. The van der Waals surface area contributed by atoms with Crippen molar-refractivity contribution in [3.8, 4) is 11.5 Å². The van der Waals surface area contributed by atoms with Crippen LogP contribution in [0, 0.1) is 0 Å². The fourth-order valence-corrected chi connectivity index (χ4v) is 2.32. The van der Waals surface area contributed by atoms with Crippen LogP contribution in [0.5, 0.6) is 0 Å². The lowest BCUT2D eigenvalue weighted by Crippen LogP contribution is -2.34. The zero-order valence-corrected chi connectivity index (χ0v) is 13.5. The van der Waals surface area contributed by atoms with Crippen LogP contribution in [0.1, 0.15) is 13.8 Å². The number of fused-ring (bicyclic) bond motifs is 1. The van der Waals surface area contributed by atoms with Crippen molar-refractivity contribution in [3.05, 3.63) is 47.5 Å². The number of anilines is 1. The highest BCUT2D eigenvalue weighted by Crippen LogP contribution is 2.26. The molecule has 0 aliphatic carbocycles. The molecule has 0 saturated carbocycles. The van der Waals surface area contributed by atoms with E-state index in [0.717, 1.165) is 5.56 Å². The van der Waals surface area contributed by atoms with Gasteiger partial charge in [-0.05, 0) is 56.3 Å². The second-order valence-corrected chi connectivity index (χ2v) is 5.90. The molecule has 0 bridgehead atoms. The summed E-state index contributed by atoms with van der Waals surface area (Å²) < 4.78 is 5.71. The number of carbonyl (C=O) groups is 1. The molecule has 2 aromatic carbocycles. The fraction of sp³-hybridized carbons (Fsp3) is 0.176. The third kappa shape index (κ3) is 3.63. The van der Waals surface area contributed by atoms with Crippen molar-refractivity contribution < 1.29 is 9.21 Å². The van der Waals surface area contributed by atoms with E-state index >= 15 is 0 Å². The molecule has 0 radical (unpaired) electrons. The Morgan fingerprint density at radius 3 is 2.61 bits per heavy atom. The molecule has 0 atom stereocenters. The van der Waals surface area contributed by atoms with Gasteiger partial charge in [0, 0.05) is 22.3 Å². The Kier molecular flexibility index (Phi) is 4.21. The zero-order chi connectivity index (χ0) is 16.4. The summed E-state index contributed by atoms with van der Waals surface area (Å²) in [6.07, 6.45) is 0. The van der Waals surface area contributed by atoms with Gasteiger partial charge in [-0.1, -0.05) is 11.6 Å². The van der Waals surface area contributed by atoms with Crippen molar-refractivity contribution in [2.24, 2.45) is 0 Å². The van der Waals surface area contributed by atoms with Gasteiger partial charge in [0.15, 0.2) is 5.58 Å². The van der Waals surface area contributed by atoms with Gasteiger partial charge in [0.05, 0.1) is 0 Å². The lowest BCUT2D eigenvalue weighted by molar-refractivity contribution is 0.250. The van der Waals surface area contributed by atoms with Gasteiger partial charge in [-0.2, -0.15) is 0 Å². The minimum absolute atomic E-state index is 0.0841. The Hall–Kier alpha value is -2.53. The van der Waals surface area contributed by atoms with Crippen LogP contribution in [0.15, 0.2) is 46.9 Å². The predicted molar refractivity (Wildman–Crippen MR) is 91.7 cm³/mol. The molecule has 3 rings (SSSR count). The Morgan fingerprint density at radius 2 is 1.91 bits per heavy atom. The van der Waals surface area contributed by atoms with Crippen molar-refractivity contribution in [1.82, 2.24) is 10.3 Å². The van der Waals surface area contributed by atoms with E-state index < -0.39 is 0 Å². The maximum Gasteiger partial charge on any atom is 0.319 e. The minimum atomic E-state index is -0.232. The number of hydrogen-bond acceptors (Lipinski definition) is 3. The van der Waals surface area contributed by atoms with E-state index in [2.05, 4.69) is 15.6 Å². The van der Waals surface area contributed by atoms with Gasteiger partial charge < -0.3 is 15.1 Å². The van der Waals surface area contributed by atoms with E-state index in [-0.39, 0.29) is 12.1 Å². The molecule has 3 aromatic rings. The van der Waals surface area contributed by atoms with Gasteiger partial charge in [-0.3, -0.25) is 0 Å². The quantitative estimate of drug-likeness (QED) is 0.733. The highest BCUT2D eigenvalue weighted by atomic mass is 35.5. The van der Waals surface area contributed by atoms with E-state index in [9.17, 15) is 4.79 Å². The number of benzene rings is 2. The number of aromatic nitrogens is 1. The van der Waals surface area contributed by atoms with Crippen LogP contribution in [0.3, 0.4) is 0 Å². The normalized spacial score (nSPS) is 11.0. The molecule has 6 heteroatoms. The van der Waals surface area contributed by atoms with Gasteiger partial charge in [0.1, 0.15) is 5.52 Å². The number of nitrogens with zero attached hydrogens (tertiary/aromatic N) is 1. The first-order valence-corrected chi connectivity index (χ1v) is 7.63. The number of carbonyl (C=O) groups excluding carboxylic acids is 1. The number of amides is 2. The third-order valence-electron chi connectivity index (χ3n) is 3.16. The molecular formula is C17H16ClN3O2. The van der Waals surface area contributed by atoms with Crippen LogP contribution < -0.4 is 10.6 Å². The van der Waals surface area contributed by atoms with Crippen LogP contribution in [-0.2, 0) is 0 Å². The summed E-state index contributed by atoms with van der Waals surface area (Å²) in [7, 11) is 0. The number of oxazole rings is 1. The first kappa shape index (κ1) is 15.4. The average molecular weight is 330 g/mol. The minimum Gasteiger partial charge on any atom is -0.436 e. The van der Waals surface area contributed by atoms with E-state index in [1.807, 2.05) is 26.0 Å². The summed E-state index contributed by atoms with van der Waals surface area (Å²) in [6, 6.07) is 12.5. The van der Waals surface area contributed by atoms with Crippen LogP contribution >= 0.6 is 11.6 Å². The van der Waals surface area contributed by atoms with Gasteiger partial charge in [-0.15, -0.1) is 0 Å². The molecule has 1 heterocycles. The van der Waals surface area contributed by atoms with Crippen molar-refractivity contribution in [3.63, 3.8) is 0 Å². The van der Waals surface area contributed by atoms with Crippen LogP contribution in [0.25, 0.3) is 22.6 Å². The summed E-state index contributed by atoms with van der Waals surface area (Å²) in [6.45, 7) is 3.81. The Labute approximate surface area is 138 Å². The van der Waals surface area contributed by atoms with Gasteiger partial charge in [-0.25, -0.2) is 9.78 Å². The Balaban J connectivity index is 1.79. The van der Waals surface area contributed by atoms with E-state index in [0.29, 0.717) is 27.7 Å². The van der Waals surface area contributed by atoms with E-state index in [1.165, 1.54) is 0 Å².